The Hall–Kier alpha value is -1.49. The van der Waals surface area contributed by atoms with Crippen LogP contribution in [-0.4, -0.2) is 41.0 Å². The second kappa shape index (κ2) is 5.44. The van der Waals surface area contributed by atoms with E-state index in [0.717, 1.165) is 6.42 Å². The fourth-order valence-corrected chi connectivity index (χ4v) is 2.30. The highest BCUT2D eigenvalue weighted by Crippen LogP contribution is 2.22. The molecule has 1 atom stereocenters. The van der Waals surface area contributed by atoms with Gasteiger partial charge in [0.15, 0.2) is 0 Å². The summed E-state index contributed by atoms with van der Waals surface area (Å²) in [5, 5.41) is 0.477. The largest absolute Gasteiger partial charge is 0.464 e. The monoisotopic (exact) mass is 270 g/mol. The Balaban J connectivity index is 2.11. The Kier molecular flexibility index (Phi) is 3.91. The Bertz CT molecular complexity index is 458. The molecule has 0 saturated carbocycles. The van der Waals surface area contributed by atoms with Crippen molar-refractivity contribution in [3.05, 3.63) is 23.0 Å². The first-order valence-corrected chi connectivity index (χ1v) is 6.32. The number of esters is 1. The van der Waals surface area contributed by atoms with Crippen LogP contribution in [0.25, 0.3) is 0 Å². The van der Waals surface area contributed by atoms with Crippen molar-refractivity contribution in [3.63, 3.8) is 0 Å². The van der Waals surface area contributed by atoms with Gasteiger partial charge in [0.2, 0.25) is 0 Å². The molecule has 1 unspecified atom stereocenters. The van der Waals surface area contributed by atoms with Crippen LogP contribution in [0.3, 0.4) is 0 Å². The lowest BCUT2D eigenvalue weighted by Crippen LogP contribution is -2.41. The van der Waals surface area contributed by atoms with Gasteiger partial charge in [-0.25, -0.2) is 4.79 Å². The van der Waals surface area contributed by atoms with Gasteiger partial charge in [-0.05, 0) is 25.8 Å². The van der Waals surface area contributed by atoms with Crippen LogP contribution in [0.1, 0.15) is 30.3 Å². The van der Waals surface area contributed by atoms with E-state index in [0.29, 0.717) is 30.3 Å². The van der Waals surface area contributed by atoms with E-state index in [4.69, 9.17) is 16.3 Å². The molecule has 1 fully saturated rings. The summed E-state index contributed by atoms with van der Waals surface area (Å²) >= 11 is 5.77. The van der Waals surface area contributed by atoms with E-state index in [1.807, 2.05) is 0 Å². The molecule has 5 nitrogen and oxygen atoms in total. The van der Waals surface area contributed by atoms with Crippen molar-refractivity contribution in [3.8, 4) is 0 Å². The quantitative estimate of drug-likeness (QED) is 0.853. The van der Waals surface area contributed by atoms with Gasteiger partial charge in [0.25, 0.3) is 5.91 Å². The maximum absolute atomic E-state index is 12.2. The van der Waals surface area contributed by atoms with Crippen LogP contribution in [0.4, 0.5) is 0 Å². The fourth-order valence-electron chi connectivity index (χ4n) is 2.14. The molecule has 2 rings (SSSR count). The average Bonchev–Trinajstić information content (AvgIpc) is 2.96. The normalized spacial score (nSPS) is 19.0. The third-order valence-electron chi connectivity index (χ3n) is 2.95. The van der Waals surface area contributed by atoms with E-state index in [-0.39, 0.29) is 11.9 Å². The minimum atomic E-state index is -0.473. The van der Waals surface area contributed by atoms with Crippen molar-refractivity contribution in [2.45, 2.75) is 25.8 Å². The van der Waals surface area contributed by atoms with Crippen LogP contribution < -0.4 is 0 Å². The van der Waals surface area contributed by atoms with E-state index in [1.54, 1.807) is 24.1 Å². The van der Waals surface area contributed by atoms with Gasteiger partial charge in [-0.3, -0.25) is 4.79 Å². The molecule has 1 aliphatic rings. The van der Waals surface area contributed by atoms with Crippen molar-refractivity contribution < 1.29 is 14.3 Å². The minimum absolute atomic E-state index is 0.211. The minimum Gasteiger partial charge on any atom is -0.464 e. The Labute approximate surface area is 110 Å². The fraction of sp³-hybridized carbons (Fsp3) is 0.500. The number of ether oxygens (including phenoxy) is 1. The highest BCUT2D eigenvalue weighted by molar-refractivity contribution is 6.31. The number of hydrogen-bond donors (Lipinski definition) is 1. The van der Waals surface area contributed by atoms with E-state index < -0.39 is 6.04 Å². The maximum Gasteiger partial charge on any atom is 0.328 e. The number of rotatable bonds is 3. The number of H-pyrrole nitrogens is 1. The molecule has 1 amide bonds. The molecule has 1 aliphatic heterocycles. The zero-order chi connectivity index (χ0) is 13.1. The lowest BCUT2D eigenvalue weighted by molar-refractivity contribution is -0.147. The van der Waals surface area contributed by atoms with Gasteiger partial charge in [0.05, 0.1) is 11.6 Å². The molecule has 1 aromatic rings. The molecule has 2 heterocycles. The van der Waals surface area contributed by atoms with Crippen LogP contribution in [0, 0.1) is 0 Å². The number of amides is 1. The van der Waals surface area contributed by atoms with Crippen LogP contribution in [0.5, 0.6) is 0 Å². The first kappa shape index (κ1) is 13.0. The third-order valence-corrected chi connectivity index (χ3v) is 3.17. The number of nitrogens with one attached hydrogen (secondary N) is 1. The molecule has 1 N–H and O–H groups in total. The maximum atomic E-state index is 12.2. The molecular weight excluding hydrogens is 256 g/mol. The Morgan fingerprint density at radius 1 is 1.61 bits per heavy atom. The van der Waals surface area contributed by atoms with Crippen molar-refractivity contribution in [2.24, 2.45) is 0 Å². The number of nitrogens with zero attached hydrogens (tertiary/aromatic N) is 1. The number of carbonyl (C=O) groups excluding carboxylic acids is 2. The number of carbonyl (C=O) groups is 2. The summed E-state index contributed by atoms with van der Waals surface area (Å²) in [4.78, 5) is 28.3. The second-order valence-corrected chi connectivity index (χ2v) is 4.58. The summed E-state index contributed by atoms with van der Waals surface area (Å²) in [5.41, 5.74) is 0.399. The number of likely N-dealkylation sites (tertiary alicyclic amines) is 1. The molecular formula is C12H15ClN2O3. The van der Waals surface area contributed by atoms with Crippen LogP contribution >= 0.6 is 11.6 Å². The van der Waals surface area contributed by atoms with Gasteiger partial charge in [-0.1, -0.05) is 11.6 Å². The second-order valence-electron chi connectivity index (χ2n) is 4.14. The molecule has 18 heavy (non-hydrogen) atoms. The van der Waals surface area contributed by atoms with Crippen molar-refractivity contribution in [1.29, 1.82) is 0 Å². The lowest BCUT2D eigenvalue weighted by Gasteiger charge is -2.22. The van der Waals surface area contributed by atoms with Gasteiger partial charge >= 0.3 is 5.97 Å². The Morgan fingerprint density at radius 3 is 3.00 bits per heavy atom. The van der Waals surface area contributed by atoms with E-state index in [2.05, 4.69) is 4.98 Å². The molecule has 1 aromatic heterocycles. The SMILES string of the molecule is CCOC(=O)C1CCCN1C(=O)c1cc(Cl)c[nH]1. The topological polar surface area (TPSA) is 62.4 Å². The smallest absolute Gasteiger partial charge is 0.328 e. The summed E-state index contributed by atoms with van der Waals surface area (Å²) < 4.78 is 4.98. The highest BCUT2D eigenvalue weighted by atomic mass is 35.5. The third kappa shape index (κ3) is 2.51. The molecule has 0 spiro atoms. The lowest BCUT2D eigenvalue weighted by atomic mass is 10.2. The first-order valence-electron chi connectivity index (χ1n) is 5.95. The molecule has 0 radical (unpaired) electrons. The van der Waals surface area contributed by atoms with Crippen LogP contribution in [0.15, 0.2) is 12.3 Å². The van der Waals surface area contributed by atoms with Gasteiger partial charge in [-0.15, -0.1) is 0 Å². The summed E-state index contributed by atoms with van der Waals surface area (Å²) in [6.07, 6.45) is 3.01. The summed E-state index contributed by atoms with van der Waals surface area (Å²) in [7, 11) is 0. The zero-order valence-corrected chi connectivity index (χ0v) is 10.9. The van der Waals surface area contributed by atoms with Gasteiger partial charge < -0.3 is 14.6 Å². The standard InChI is InChI=1S/C12H15ClN2O3/c1-2-18-12(17)10-4-3-5-15(10)11(16)9-6-8(13)7-14-9/h6-7,10,14H,2-5H2,1H3. The average molecular weight is 271 g/mol. The molecule has 0 aliphatic carbocycles. The number of hydrogen-bond acceptors (Lipinski definition) is 3. The zero-order valence-electron chi connectivity index (χ0n) is 10.1. The summed E-state index contributed by atoms with van der Waals surface area (Å²) in [6.45, 7) is 2.65. The van der Waals surface area contributed by atoms with Crippen molar-refractivity contribution in [2.75, 3.05) is 13.2 Å². The molecule has 1 saturated heterocycles. The first-order chi connectivity index (χ1) is 8.63. The molecule has 0 bridgehead atoms. The van der Waals surface area contributed by atoms with Gasteiger partial charge in [-0.2, -0.15) is 0 Å². The molecule has 6 heteroatoms. The van der Waals surface area contributed by atoms with E-state index >= 15 is 0 Å². The van der Waals surface area contributed by atoms with Crippen LogP contribution in [-0.2, 0) is 9.53 Å². The molecule has 98 valence electrons. The molecule has 0 aromatic carbocycles. The van der Waals surface area contributed by atoms with Crippen molar-refractivity contribution in [1.82, 2.24) is 9.88 Å². The van der Waals surface area contributed by atoms with Gasteiger partial charge in [0, 0.05) is 12.7 Å². The highest BCUT2D eigenvalue weighted by Gasteiger charge is 2.35. The number of aromatic nitrogens is 1. The van der Waals surface area contributed by atoms with Crippen molar-refractivity contribution >= 4 is 23.5 Å². The van der Waals surface area contributed by atoms with E-state index in [1.165, 1.54) is 0 Å². The van der Waals surface area contributed by atoms with Crippen LogP contribution in [0.2, 0.25) is 5.02 Å². The number of aromatic amines is 1. The summed E-state index contributed by atoms with van der Waals surface area (Å²) in [6, 6.07) is 1.09. The predicted molar refractivity (Wildman–Crippen MR) is 66.5 cm³/mol. The summed E-state index contributed by atoms with van der Waals surface area (Å²) in [5.74, 6) is -0.543. The predicted octanol–water partition coefficient (Wildman–Crippen LogP) is 1.84. The Morgan fingerprint density at radius 2 is 2.39 bits per heavy atom. The number of halogens is 1. The van der Waals surface area contributed by atoms with E-state index in [9.17, 15) is 9.59 Å². The van der Waals surface area contributed by atoms with Gasteiger partial charge in [0.1, 0.15) is 11.7 Å².